The smallest absolute Gasteiger partial charge is 0.163 e. The molecule has 0 radical (unpaired) electrons. The van der Waals surface area contributed by atoms with Crippen LogP contribution in [0.1, 0.15) is 58.4 Å². The molecule has 4 aromatic rings. The zero-order valence-electron chi connectivity index (χ0n) is 27.3. The molecule has 0 N–H and O–H groups in total. The Morgan fingerprint density at radius 2 is 1.00 bits per heavy atom. The van der Waals surface area contributed by atoms with Crippen molar-refractivity contribution < 1.29 is 9.47 Å². The van der Waals surface area contributed by atoms with E-state index in [4.69, 9.17) is 9.47 Å². The van der Waals surface area contributed by atoms with Crippen LogP contribution in [0.5, 0.6) is 0 Å². The molecule has 1 fully saturated rings. The average Bonchev–Trinajstić information content (AvgIpc) is 3.24. The number of aryl methyl sites for hydroxylation is 6. The number of hydrogen-bond acceptors (Lipinski definition) is 3. The van der Waals surface area contributed by atoms with Gasteiger partial charge in [0.2, 0.25) is 0 Å². The molecule has 1 aliphatic heterocycles. The summed E-state index contributed by atoms with van der Waals surface area (Å²) in [7, 11) is -0.603. The lowest BCUT2D eigenvalue weighted by Crippen LogP contribution is -2.39. The van der Waals surface area contributed by atoms with Gasteiger partial charge in [-0.25, -0.2) is 0 Å². The average molecular weight is 594 g/mol. The van der Waals surface area contributed by atoms with Gasteiger partial charge in [-0.3, -0.25) is 4.90 Å². The molecule has 4 aromatic carbocycles. The van der Waals surface area contributed by atoms with Gasteiger partial charge in [-0.15, -0.1) is 0 Å². The van der Waals surface area contributed by atoms with Crippen LogP contribution < -0.4 is 10.6 Å². The van der Waals surface area contributed by atoms with Gasteiger partial charge in [0, 0.05) is 25.8 Å². The summed E-state index contributed by atoms with van der Waals surface area (Å²) in [6.07, 6.45) is 0.880. The molecule has 4 heteroatoms. The lowest BCUT2D eigenvalue weighted by atomic mass is 9.97. The Balaban J connectivity index is 1.48. The summed E-state index contributed by atoms with van der Waals surface area (Å²) in [4.78, 5) is 2.60. The molecule has 1 aliphatic rings. The summed E-state index contributed by atoms with van der Waals surface area (Å²) in [6.45, 7) is 20.1. The molecule has 2 atom stereocenters. The van der Waals surface area contributed by atoms with Crippen molar-refractivity contribution in [2.75, 3.05) is 12.7 Å². The van der Waals surface area contributed by atoms with Gasteiger partial charge in [0.1, 0.15) is 6.10 Å². The highest BCUT2D eigenvalue weighted by Gasteiger charge is 2.43. The quantitative estimate of drug-likeness (QED) is 0.173. The van der Waals surface area contributed by atoms with Crippen molar-refractivity contribution in [3.8, 4) is 0 Å². The molecule has 226 valence electrons. The number of benzene rings is 4. The van der Waals surface area contributed by atoms with E-state index in [9.17, 15) is 0 Å². The lowest BCUT2D eigenvalue weighted by Gasteiger charge is -2.31. The molecule has 0 amide bonds. The highest BCUT2D eigenvalue weighted by molar-refractivity contribution is 7.73. The van der Waals surface area contributed by atoms with E-state index in [0.29, 0.717) is 0 Å². The Morgan fingerprint density at radius 3 is 1.42 bits per heavy atom. The number of ether oxygens (including phenoxy) is 2. The van der Waals surface area contributed by atoms with E-state index >= 15 is 0 Å². The van der Waals surface area contributed by atoms with Crippen LogP contribution in [0.3, 0.4) is 0 Å². The summed E-state index contributed by atoms with van der Waals surface area (Å²) in [5.41, 5.74) is 10.9. The van der Waals surface area contributed by atoms with Gasteiger partial charge in [0.25, 0.3) is 0 Å². The van der Waals surface area contributed by atoms with Gasteiger partial charge in [-0.05, 0) is 107 Å². The minimum absolute atomic E-state index is 0.00977. The van der Waals surface area contributed by atoms with Crippen LogP contribution in [0.2, 0.25) is 0 Å². The van der Waals surface area contributed by atoms with E-state index < -0.39 is 13.7 Å². The molecule has 0 spiro atoms. The third kappa shape index (κ3) is 7.83. The first-order chi connectivity index (χ1) is 20.5. The van der Waals surface area contributed by atoms with E-state index in [0.717, 1.165) is 25.8 Å². The second-order valence-electron chi connectivity index (χ2n) is 12.9. The monoisotopic (exact) mass is 593 g/mol. The first-order valence-corrected chi connectivity index (χ1v) is 17.1. The van der Waals surface area contributed by atoms with Crippen molar-refractivity contribution in [2.45, 2.75) is 86.5 Å². The zero-order valence-corrected chi connectivity index (χ0v) is 28.2. The number of hydrogen-bond donors (Lipinski definition) is 0. The van der Waals surface area contributed by atoms with Crippen molar-refractivity contribution in [2.24, 2.45) is 0 Å². The van der Waals surface area contributed by atoms with Crippen molar-refractivity contribution in [3.05, 3.63) is 129 Å². The second-order valence-corrected chi connectivity index (χ2v) is 15.2. The van der Waals surface area contributed by atoms with Gasteiger partial charge >= 0.3 is 0 Å². The summed E-state index contributed by atoms with van der Waals surface area (Å²) in [6, 6.07) is 31.2. The van der Waals surface area contributed by atoms with Gasteiger partial charge < -0.3 is 9.47 Å². The maximum atomic E-state index is 6.75. The molecule has 5 rings (SSSR count). The Morgan fingerprint density at radius 1 is 0.605 bits per heavy atom. The molecule has 0 saturated carbocycles. The van der Waals surface area contributed by atoms with Gasteiger partial charge in [0.05, 0.1) is 6.10 Å². The predicted octanol–water partition coefficient (Wildman–Crippen LogP) is 8.19. The van der Waals surface area contributed by atoms with Crippen LogP contribution >= 0.6 is 7.92 Å². The fourth-order valence-electron chi connectivity index (χ4n) is 6.78. The van der Waals surface area contributed by atoms with Crippen molar-refractivity contribution >= 4 is 18.5 Å². The summed E-state index contributed by atoms with van der Waals surface area (Å²) < 4.78 is 13.5. The predicted molar refractivity (Wildman–Crippen MR) is 183 cm³/mol. The topological polar surface area (TPSA) is 21.7 Å². The Hall–Kier alpha value is -2.81. The van der Waals surface area contributed by atoms with Crippen molar-refractivity contribution in [1.29, 1.82) is 0 Å². The molecule has 0 aromatic heterocycles. The highest BCUT2D eigenvalue weighted by Crippen LogP contribution is 2.40. The molecule has 1 saturated heterocycles. The van der Waals surface area contributed by atoms with Crippen LogP contribution in [0.4, 0.5) is 0 Å². The second kappa shape index (κ2) is 13.4. The Labute approximate surface area is 261 Å². The minimum atomic E-state index is -0.624. The van der Waals surface area contributed by atoms with Crippen LogP contribution in [0.25, 0.3) is 0 Å². The van der Waals surface area contributed by atoms with E-state index in [2.05, 4.69) is 145 Å². The third-order valence-corrected chi connectivity index (χ3v) is 11.2. The fourth-order valence-corrected chi connectivity index (χ4v) is 9.23. The summed E-state index contributed by atoms with van der Waals surface area (Å²) >= 11 is 0. The minimum Gasteiger partial charge on any atom is -0.344 e. The van der Waals surface area contributed by atoms with Crippen LogP contribution in [-0.2, 0) is 22.6 Å². The van der Waals surface area contributed by atoms with E-state index in [1.807, 2.05) is 0 Å². The Kier molecular flexibility index (Phi) is 9.89. The standard InChI is InChI=1S/C39H48NO2P/c1-27-19-29(3)35(30(4)20-27)23-40(24-36-31(5)21-28(2)22-32(36)6)25-37-38(42-39(7,8)41-37)26-43(33-15-11-9-12-16-33)34-17-13-10-14-18-34/h9-22,37-38H,23-26H2,1-8H3/t37-,38-/m0/s1. The first-order valence-electron chi connectivity index (χ1n) is 15.6. The molecule has 43 heavy (non-hydrogen) atoms. The fraction of sp³-hybridized carbons (Fsp3) is 0.385. The van der Waals surface area contributed by atoms with Crippen LogP contribution in [-0.4, -0.2) is 35.6 Å². The molecule has 3 nitrogen and oxygen atoms in total. The van der Waals surface area contributed by atoms with Crippen molar-refractivity contribution in [3.63, 3.8) is 0 Å². The molecule has 1 heterocycles. The van der Waals surface area contributed by atoms with Crippen LogP contribution in [0, 0.1) is 41.5 Å². The maximum absolute atomic E-state index is 6.75. The largest absolute Gasteiger partial charge is 0.344 e. The summed E-state index contributed by atoms with van der Waals surface area (Å²) in [5.74, 6) is -0.624. The van der Waals surface area contributed by atoms with Gasteiger partial charge in [0.15, 0.2) is 5.79 Å². The lowest BCUT2D eigenvalue weighted by molar-refractivity contribution is -0.146. The third-order valence-electron chi connectivity index (χ3n) is 8.67. The summed E-state index contributed by atoms with van der Waals surface area (Å²) in [5, 5.41) is 2.76. The SMILES string of the molecule is Cc1cc(C)c(CN(Cc2c(C)cc(C)cc2C)C[C@@H]2OC(C)(C)O[C@H]2CP(c2ccccc2)c2ccccc2)c(C)c1. The normalized spacial score (nSPS) is 18.1. The van der Waals surface area contributed by atoms with Gasteiger partial charge in [-0.2, -0.15) is 0 Å². The zero-order chi connectivity index (χ0) is 30.7. The maximum Gasteiger partial charge on any atom is 0.163 e. The first kappa shape index (κ1) is 31.6. The van der Waals surface area contributed by atoms with Crippen molar-refractivity contribution in [1.82, 2.24) is 4.90 Å². The van der Waals surface area contributed by atoms with E-state index in [-0.39, 0.29) is 12.2 Å². The van der Waals surface area contributed by atoms with E-state index in [1.165, 1.54) is 55.1 Å². The number of nitrogens with zero attached hydrogens (tertiary/aromatic N) is 1. The van der Waals surface area contributed by atoms with Crippen LogP contribution in [0.15, 0.2) is 84.9 Å². The number of rotatable bonds is 10. The Bertz CT molecular complexity index is 1390. The molecule has 0 bridgehead atoms. The highest BCUT2D eigenvalue weighted by atomic mass is 31.1. The van der Waals surface area contributed by atoms with E-state index in [1.54, 1.807) is 0 Å². The molecule has 0 aliphatic carbocycles. The molecular formula is C39H48NO2P. The molecule has 0 unspecified atom stereocenters. The van der Waals surface area contributed by atoms with Gasteiger partial charge in [-0.1, -0.05) is 96.1 Å². The molecular weight excluding hydrogens is 545 g/mol.